The zero-order chi connectivity index (χ0) is 21.4. The van der Waals surface area contributed by atoms with Crippen LogP contribution in [0.15, 0.2) is 51.2 Å². The van der Waals surface area contributed by atoms with Gasteiger partial charge < -0.3 is 24.9 Å². The Bertz CT molecular complexity index is 902. The van der Waals surface area contributed by atoms with Gasteiger partial charge in [0.1, 0.15) is 11.4 Å². The summed E-state index contributed by atoms with van der Waals surface area (Å²) in [6.07, 6.45) is 1.27. The molecule has 8 nitrogen and oxygen atoms in total. The number of carboxylic acids is 1. The molecule has 0 bridgehead atoms. The Kier molecular flexibility index (Phi) is 8.02. The normalized spacial score (nSPS) is 11.2. The van der Waals surface area contributed by atoms with E-state index in [4.69, 9.17) is 14.3 Å². The van der Waals surface area contributed by atoms with Crippen LogP contribution in [0.4, 0.5) is 0 Å². The van der Waals surface area contributed by atoms with Crippen molar-refractivity contribution in [1.29, 1.82) is 0 Å². The molecule has 0 aliphatic heterocycles. The van der Waals surface area contributed by atoms with Crippen LogP contribution in [-0.2, 0) is 9.59 Å². The van der Waals surface area contributed by atoms with Crippen LogP contribution in [0.3, 0.4) is 0 Å². The summed E-state index contributed by atoms with van der Waals surface area (Å²) < 4.78 is 11.1. The lowest BCUT2D eigenvalue weighted by molar-refractivity contribution is -0.136. The molecule has 0 aliphatic rings. The van der Waals surface area contributed by atoms with Gasteiger partial charge in [0, 0.05) is 6.54 Å². The first-order valence-electron chi connectivity index (χ1n) is 8.79. The molecule has 1 heterocycles. The molecule has 1 aromatic heterocycles. The lowest BCUT2D eigenvalue weighted by Gasteiger charge is -2.11. The summed E-state index contributed by atoms with van der Waals surface area (Å²) in [5.74, 6) is -1.58. The Morgan fingerprint density at radius 1 is 1.17 bits per heavy atom. The predicted octanol–water partition coefficient (Wildman–Crippen LogP) is 3.19. The minimum absolute atomic E-state index is 0.0155. The van der Waals surface area contributed by atoms with Crippen LogP contribution in [0.5, 0.6) is 5.75 Å². The largest absolute Gasteiger partial charge is 0.491 e. The summed E-state index contributed by atoms with van der Waals surface area (Å²) in [6, 6.07) is 9.97. The van der Waals surface area contributed by atoms with Gasteiger partial charge in [0.25, 0.3) is 11.8 Å². The summed E-state index contributed by atoms with van der Waals surface area (Å²) in [4.78, 5) is 35.5. The van der Waals surface area contributed by atoms with E-state index in [1.165, 1.54) is 12.1 Å². The molecule has 2 amide bonds. The summed E-state index contributed by atoms with van der Waals surface area (Å²) in [5.41, 5.74) is 0.593. The van der Waals surface area contributed by atoms with Gasteiger partial charge in [0.2, 0.25) is 0 Å². The molecule has 154 valence electrons. The molecule has 2 rings (SSSR count). The summed E-state index contributed by atoms with van der Waals surface area (Å²) >= 11 is 3.11. The van der Waals surface area contributed by atoms with E-state index in [0.29, 0.717) is 16.0 Å². The number of furan rings is 1. The van der Waals surface area contributed by atoms with Gasteiger partial charge in [-0.2, -0.15) is 0 Å². The first-order chi connectivity index (χ1) is 13.7. The Labute approximate surface area is 176 Å². The van der Waals surface area contributed by atoms with Gasteiger partial charge in [0.15, 0.2) is 10.4 Å². The molecule has 0 saturated carbocycles. The maximum Gasteiger partial charge on any atom is 0.305 e. The van der Waals surface area contributed by atoms with Gasteiger partial charge in [0.05, 0.1) is 12.5 Å². The summed E-state index contributed by atoms with van der Waals surface area (Å²) in [6.45, 7) is 3.75. The smallest absolute Gasteiger partial charge is 0.305 e. The van der Waals surface area contributed by atoms with Crippen LogP contribution < -0.4 is 15.4 Å². The monoisotopic (exact) mass is 464 g/mol. The third kappa shape index (κ3) is 7.46. The number of carboxylic acid groups (broad SMARTS) is 1. The fourth-order valence-corrected chi connectivity index (χ4v) is 2.54. The Morgan fingerprint density at radius 3 is 2.41 bits per heavy atom. The van der Waals surface area contributed by atoms with E-state index >= 15 is 0 Å². The van der Waals surface area contributed by atoms with Crippen molar-refractivity contribution >= 4 is 39.8 Å². The molecular weight excluding hydrogens is 444 g/mol. The summed E-state index contributed by atoms with van der Waals surface area (Å²) in [7, 11) is 0. The number of hydrogen-bond donors (Lipinski definition) is 3. The van der Waals surface area contributed by atoms with Crippen LogP contribution in [0.1, 0.15) is 36.4 Å². The van der Waals surface area contributed by atoms with Crippen molar-refractivity contribution in [1.82, 2.24) is 10.6 Å². The number of amides is 2. The van der Waals surface area contributed by atoms with Crippen molar-refractivity contribution in [2.75, 3.05) is 6.54 Å². The van der Waals surface area contributed by atoms with E-state index in [0.717, 1.165) is 0 Å². The van der Waals surface area contributed by atoms with Gasteiger partial charge in [-0.15, -0.1) is 0 Å². The molecule has 0 fully saturated rings. The Hall–Kier alpha value is -3.07. The van der Waals surface area contributed by atoms with Gasteiger partial charge in [-0.1, -0.05) is 12.1 Å². The van der Waals surface area contributed by atoms with Crippen LogP contribution in [0.2, 0.25) is 0 Å². The minimum Gasteiger partial charge on any atom is -0.491 e. The van der Waals surface area contributed by atoms with E-state index < -0.39 is 17.8 Å². The van der Waals surface area contributed by atoms with Crippen LogP contribution >= 0.6 is 15.9 Å². The SMILES string of the molecule is CC(C)Oc1ccc(C=C(NC(=O)c2ccc(Br)o2)C(=O)NCCC(=O)O)cc1. The molecule has 29 heavy (non-hydrogen) atoms. The molecule has 2 aromatic rings. The molecule has 0 aliphatic carbocycles. The highest BCUT2D eigenvalue weighted by molar-refractivity contribution is 9.10. The van der Waals surface area contributed by atoms with Gasteiger partial charge in [-0.3, -0.25) is 14.4 Å². The number of carbonyl (C=O) groups excluding carboxylic acids is 2. The molecule has 3 N–H and O–H groups in total. The molecule has 0 radical (unpaired) electrons. The first-order valence-corrected chi connectivity index (χ1v) is 9.59. The fourth-order valence-electron chi connectivity index (χ4n) is 2.24. The third-order valence-electron chi connectivity index (χ3n) is 3.48. The average Bonchev–Trinajstić information content (AvgIpc) is 3.08. The average molecular weight is 465 g/mol. The van der Waals surface area contributed by atoms with Gasteiger partial charge >= 0.3 is 5.97 Å². The van der Waals surface area contributed by atoms with Crippen LogP contribution in [-0.4, -0.2) is 35.5 Å². The maximum atomic E-state index is 12.5. The van der Waals surface area contributed by atoms with Crippen molar-refractivity contribution in [2.45, 2.75) is 26.4 Å². The molecule has 0 saturated heterocycles. The van der Waals surface area contributed by atoms with Gasteiger partial charge in [-0.25, -0.2) is 0 Å². The Morgan fingerprint density at radius 2 is 1.86 bits per heavy atom. The number of benzene rings is 1. The standard InChI is InChI=1S/C20H21BrN2O6/c1-12(2)28-14-5-3-13(4-6-14)11-15(19(26)22-10-9-18(24)25)23-20(27)16-7-8-17(21)29-16/h3-8,11-12H,9-10H2,1-2H3,(H,22,26)(H,23,27)(H,24,25). The topological polar surface area (TPSA) is 118 Å². The second kappa shape index (κ2) is 10.5. The van der Waals surface area contributed by atoms with E-state index in [1.807, 2.05) is 13.8 Å². The minimum atomic E-state index is -1.04. The van der Waals surface area contributed by atoms with E-state index in [2.05, 4.69) is 26.6 Å². The molecule has 9 heteroatoms. The van der Waals surface area contributed by atoms with Gasteiger partial charge in [-0.05, 0) is 65.7 Å². The number of aliphatic carboxylic acids is 1. The maximum absolute atomic E-state index is 12.5. The Balaban J connectivity index is 2.20. The number of rotatable bonds is 9. The van der Waals surface area contributed by atoms with Crippen molar-refractivity contribution in [3.63, 3.8) is 0 Å². The molecule has 0 unspecified atom stereocenters. The number of ether oxygens (including phenoxy) is 1. The first kappa shape index (κ1) is 22.2. The molecule has 0 spiro atoms. The highest BCUT2D eigenvalue weighted by Gasteiger charge is 2.17. The number of nitrogens with one attached hydrogen (secondary N) is 2. The summed E-state index contributed by atoms with van der Waals surface area (Å²) in [5, 5.41) is 13.7. The second-order valence-corrected chi connectivity index (χ2v) is 7.03. The van der Waals surface area contributed by atoms with E-state index in [9.17, 15) is 14.4 Å². The second-order valence-electron chi connectivity index (χ2n) is 6.25. The van der Waals surface area contributed by atoms with Crippen molar-refractivity contribution < 1.29 is 28.6 Å². The molecule has 1 aromatic carbocycles. The number of halogens is 1. The zero-order valence-electron chi connectivity index (χ0n) is 15.9. The van der Waals surface area contributed by atoms with Crippen molar-refractivity contribution in [2.24, 2.45) is 0 Å². The predicted molar refractivity (Wildman–Crippen MR) is 109 cm³/mol. The lowest BCUT2D eigenvalue weighted by Crippen LogP contribution is -2.35. The van der Waals surface area contributed by atoms with Crippen LogP contribution in [0.25, 0.3) is 6.08 Å². The van der Waals surface area contributed by atoms with E-state index in [-0.39, 0.29) is 30.5 Å². The fraction of sp³-hybridized carbons (Fsp3) is 0.250. The third-order valence-corrected chi connectivity index (χ3v) is 3.90. The quantitative estimate of drug-likeness (QED) is 0.490. The zero-order valence-corrected chi connectivity index (χ0v) is 17.5. The highest BCUT2D eigenvalue weighted by atomic mass is 79.9. The van der Waals surface area contributed by atoms with Crippen LogP contribution in [0, 0.1) is 0 Å². The van der Waals surface area contributed by atoms with E-state index in [1.54, 1.807) is 30.3 Å². The van der Waals surface area contributed by atoms with Crippen molar-refractivity contribution in [3.05, 3.63) is 58.1 Å². The van der Waals surface area contributed by atoms with Crippen molar-refractivity contribution in [3.8, 4) is 5.75 Å². The number of carbonyl (C=O) groups is 3. The lowest BCUT2D eigenvalue weighted by atomic mass is 10.1. The molecule has 0 atom stereocenters. The highest BCUT2D eigenvalue weighted by Crippen LogP contribution is 2.17. The number of hydrogen-bond acceptors (Lipinski definition) is 5. The molecular formula is C20H21BrN2O6.